The molecular formula is C18H15ClN2O4S. The highest BCUT2D eigenvalue weighted by Gasteiger charge is 2.21. The van der Waals surface area contributed by atoms with E-state index in [9.17, 15) is 9.59 Å². The molecule has 2 heterocycles. The fraction of sp³-hybridized carbons (Fsp3) is 0.167. The average molecular weight is 391 g/mol. The molecule has 2 N–H and O–H groups in total. The van der Waals surface area contributed by atoms with E-state index in [0.29, 0.717) is 34.4 Å². The summed E-state index contributed by atoms with van der Waals surface area (Å²) in [6.45, 7) is 2.24. The predicted molar refractivity (Wildman–Crippen MR) is 102 cm³/mol. The van der Waals surface area contributed by atoms with Crippen molar-refractivity contribution >= 4 is 46.9 Å². The number of carbonyl (C=O) groups excluding carboxylic acids is 2. The first-order chi connectivity index (χ1) is 12.5. The van der Waals surface area contributed by atoms with Gasteiger partial charge in [0.2, 0.25) is 0 Å². The molecule has 3 rings (SSSR count). The molecule has 0 unspecified atom stereocenters. The molecular weight excluding hydrogens is 376 g/mol. The van der Waals surface area contributed by atoms with Gasteiger partial charge in [-0.2, -0.15) is 0 Å². The molecule has 0 aliphatic carbocycles. The Morgan fingerprint density at radius 3 is 2.81 bits per heavy atom. The maximum Gasteiger partial charge on any atom is 0.339 e. The molecule has 1 aromatic heterocycles. The molecule has 0 spiro atoms. The first kappa shape index (κ1) is 18.2. The van der Waals surface area contributed by atoms with Crippen molar-refractivity contribution in [3.8, 4) is 11.3 Å². The quantitative estimate of drug-likeness (QED) is 0.462. The van der Waals surface area contributed by atoms with Crippen LogP contribution < -0.4 is 10.6 Å². The number of furan rings is 1. The van der Waals surface area contributed by atoms with Crippen LogP contribution in [0.3, 0.4) is 0 Å². The summed E-state index contributed by atoms with van der Waals surface area (Å²) in [5, 5.41) is 5.78. The van der Waals surface area contributed by atoms with E-state index >= 15 is 0 Å². The van der Waals surface area contributed by atoms with Gasteiger partial charge in [0, 0.05) is 11.6 Å². The van der Waals surface area contributed by atoms with Crippen LogP contribution in [-0.4, -0.2) is 23.6 Å². The number of hydrogen-bond donors (Lipinski definition) is 2. The molecule has 1 fully saturated rings. The minimum absolute atomic E-state index is 0.251. The molecule has 0 bridgehead atoms. The molecule has 2 aromatic rings. The van der Waals surface area contributed by atoms with E-state index in [0.717, 1.165) is 6.42 Å². The van der Waals surface area contributed by atoms with Crippen molar-refractivity contribution in [2.24, 2.45) is 0 Å². The first-order valence-corrected chi connectivity index (χ1v) is 8.67. The van der Waals surface area contributed by atoms with Gasteiger partial charge in [0.05, 0.1) is 17.2 Å². The highest BCUT2D eigenvalue weighted by molar-refractivity contribution is 7.80. The van der Waals surface area contributed by atoms with Crippen LogP contribution >= 0.6 is 23.8 Å². The normalized spacial score (nSPS) is 15.1. The van der Waals surface area contributed by atoms with Gasteiger partial charge in [0.25, 0.3) is 5.91 Å². The number of ether oxygens (including phenoxy) is 1. The third kappa shape index (κ3) is 3.95. The molecule has 134 valence electrons. The number of amides is 1. The van der Waals surface area contributed by atoms with Crippen LogP contribution in [0.2, 0.25) is 5.02 Å². The van der Waals surface area contributed by atoms with Gasteiger partial charge in [-0.25, -0.2) is 4.79 Å². The second-order valence-corrected chi connectivity index (χ2v) is 6.31. The number of esters is 1. The van der Waals surface area contributed by atoms with Crippen molar-refractivity contribution in [2.45, 2.75) is 13.3 Å². The maximum atomic E-state index is 12.1. The zero-order chi connectivity index (χ0) is 18.7. The molecule has 1 aromatic carbocycles. The van der Waals surface area contributed by atoms with Crippen LogP contribution in [0.25, 0.3) is 17.4 Å². The number of thiocarbonyl (C=S) groups is 1. The average Bonchev–Trinajstić information content (AvgIpc) is 3.20. The predicted octanol–water partition coefficient (Wildman–Crippen LogP) is 3.51. The van der Waals surface area contributed by atoms with Gasteiger partial charge in [-0.05, 0) is 49.0 Å². The zero-order valence-corrected chi connectivity index (χ0v) is 15.4. The SMILES string of the molecule is CCCOC(=O)c1cc(-c2ccc(C=C3NC(=S)NC3=O)o2)ccc1Cl. The maximum absolute atomic E-state index is 12.1. The van der Waals surface area contributed by atoms with Gasteiger partial charge in [-0.1, -0.05) is 18.5 Å². The number of carbonyl (C=O) groups is 2. The molecule has 8 heteroatoms. The Kier molecular flexibility index (Phi) is 5.39. The van der Waals surface area contributed by atoms with Crippen LogP contribution in [0.5, 0.6) is 0 Å². The summed E-state index contributed by atoms with van der Waals surface area (Å²) in [6.07, 6.45) is 2.27. The Bertz CT molecular complexity index is 920. The van der Waals surface area contributed by atoms with Gasteiger partial charge in [0.1, 0.15) is 17.2 Å². The molecule has 0 atom stereocenters. The summed E-state index contributed by atoms with van der Waals surface area (Å²) in [5.74, 6) is 0.194. The summed E-state index contributed by atoms with van der Waals surface area (Å²) in [7, 11) is 0. The summed E-state index contributed by atoms with van der Waals surface area (Å²) < 4.78 is 10.9. The first-order valence-electron chi connectivity index (χ1n) is 7.89. The van der Waals surface area contributed by atoms with E-state index in [2.05, 4.69) is 10.6 Å². The summed E-state index contributed by atoms with van der Waals surface area (Å²) >= 11 is 11.0. The Morgan fingerprint density at radius 1 is 1.31 bits per heavy atom. The monoisotopic (exact) mass is 390 g/mol. The van der Waals surface area contributed by atoms with Gasteiger partial charge >= 0.3 is 5.97 Å². The Labute approximate surface area is 160 Å². The van der Waals surface area contributed by atoms with Gasteiger partial charge < -0.3 is 14.5 Å². The van der Waals surface area contributed by atoms with Crippen molar-refractivity contribution in [3.05, 3.63) is 52.4 Å². The van der Waals surface area contributed by atoms with Crippen LogP contribution in [0.1, 0.15) is 29.5 Å². The lowest BCUT2D eigenvalue weighted by molar-refractivity contribution is -0.115. The molecule has 1 aliphatic rings. The highest BCUT2D eigenvalue weighted by Crippen LogP contribution is 2.28. The van der Waals surface area contributed by atoms with Gasteiger partial charge in [-0.15, -0.1) is 0 Å². The summed E-state index contributed by atoms with van der Waals surface area (Å²) in [6, 6.07) is 8.42. The van der Waals surface area contributed by atoms with Crippen LogP contribution in [0, 0.1) is 0 Å². The zero-order valence-electron chi connectivity index (χ0n) is 13.8. The van der Waals surface area contributed by atoms with Crippen LogP contribution in [0.4, 0.5) is 0 Å². The topological polar surface area (TPSA) is 80.6 Å². The lowest BCUT2D eigenvalue weighted by Gasteiger charge is -2.06. The standard InChI is InChI=1S/C18H15ClN2O4S/c1-2-7-24-17(23)12-8-10(3-5-13(12)19)15-6-4-11(25-15)9-14-16(22)21-18(26)20-14/h3-6,8-9H,2,7H2,1H3,(H2,20,21,22,26). The smallest absolute Gasteiger partial charge is 0.339 e. The summed E-state index contributed by atoms with van der Waals surface area (Å²) in [4.78, 5) is 23.8. The lowest BCUT2D eigenvalue weighted by Crippen LogP contribution is -2.21. The fourth-order valence-electron chi connectivity index (χ4n) is 2.32. The van der Waals surface area contributed by atoms with Gasteiger partial charge in [-0.3, -0.25) is 10.1 Å². The fourth-order valence-corrected chi connectivity index (χ4v) is 2.72. The molecule has 0 saturated carbocycles. The Hall–Kier alpha value is -2.64. The number of hydrogen-bond acceptors (Lipinski definition) is 5. The Balaban J connectivity index is 1.85. The van der Waals surface area contributed by atoms with Crippen LogP contribution in [0.15, 0.2) is 40.4 Å². The third-order valence-electron chi connectivity index (χ3n) is 3.54. The number of nitrogens with one attached hydrogen (secondary N) is 2. The second kappa shape index (κ2) is 7.72. The second-order valence-electron chi connectivity index (χ2n) is 5.50. The molecule has 1 amide bonds. The number of rotatable bonds is 5. The van der Waals surface area contributed by atoms with Crippen molar-refractivity contribution < 1.29 is 18.7 Å². The van der Waals surface area contributed by atoms with Crippen molar-refractivity contribution in [1.29, 1.82) is 0 Å². The van der Waals surface area contributed by atoms with Gasteiger partial charge in [0.15, 0.2) is 5.11 Å². The minimum atomic E-state index is -0.479. The molecule has 26 heavy (non-hydrogen) atoms. The van der Waals surface area contributed by atoms with Crippen LogP contribution in [-0.2, 0) is 9.53 Å². The van der Waals surface area contributed by atoms with E-state index in [1.54, 1.807) is 36.4 Å². The molecule has 1 saturated heterocycles. The Morgan fingerprint density at radius 2 is 2.12 bits per heavy atom. The molecule has 1 aliphatic heterocycles. The highest BCUT2D eigenvalue weighted by atomic mass is 35.5. The van der Waals surface area contributed by atoms with E-state index in [4.69, 9.17) is 33.0 Å². The lowest BCUT2D eigenvalue weighted by atomic mass is 10.1. The van der Waals surface area contributed by atoms with Crippen molar-refractivity contribution in [2.75, 3.05) is 6.61 Å². The van der Waals surface area contributed by atoms with E-state index in [-0.39, 0.29) is 16.6 Å². The van der Waals surface area contributed by atoms with E-state index in [1.165, 1.54) is 0 Å². The minimum Gasteiger partial charge on any atom is -0.462 e. The third-order valence-corrected chi connectivity index (χ3v) is 4.08. The van der Waals surface area contributed by atoms with Crippen molar-refractivity contribution in [3.63, 3.8) is 0 Å². The number of halogens is 1. The van der Waals surface area contributed by atoms with E-state index in [1.807, 2.05) is 6.92 Å². The summed E-state index contributed by atoms with van der Waals surface area (Å²) in [5.41, 5.74) is 1.24. The largest absolute Gasteiger partial charge is 0.462 e. The number of benzene rings is 1. The van der Waals surface area contributed by atoms with E-state index < -0.39 is 5.97 Å². The van der Waals surface area contributed by atoms with Crippen molar-refractivity contribution in [1.82, 2.24) is 10.6 Å². The molecule has 6 nitrogen and oxygen atoms in total. The molecule has 0 radical (unpaired) electrons.